The Morgan fingerprint density at radius 3 is 2.74 bits per heavy atom. The monoisotopic (exact) mass is 300 g/mol. The van der Waals surface area contributed by atoms with Crippen LogP contribution in [0.25, 0.3) is 0 Å². The number of hydrogen-bond acceptors (Lipinski definition) is 2. The largest absolute Gasteiger partial charge is 0.327 e. The van der Waals surface area contributed by atoms with E-state index in [-0.39, 0.29) is 0 Å². The first-order valence-corrected chi connectivity index (χ1v) is 7.76. The molecule has 2 nitrogen and oxygen atoms in total. The van der Waals surface area contributed by atoms with Gasteiger partial charge in [0.05, 0.1) is 10.0 Å². The Balaban J connectivity index is 1.99. The Kier molecular flexibility index (Phi) is 5.52. The van der Waals surface area contributed by atoms with Crippen LogP contribution in [0, 0.1) is 5.92 Å². The molecule has 0 spiro atoms. The van der Waals surface area contributed by atoms with Gasteiger partial charge >= 0.3 is 0 Å². The third-order valence-corrected chi connectivity index (χ3v) is 4.47. The lowest BCUT2D eigenvalue weighted by molar-refractivity contribution is 0.144. The zero-order valence-electron chi connectivity index (χ0n) is 11.4. The molecule has 1 aliphatic heterocycles. The van der Waals surface area contributed by atoms with Crippen LogP contribution in [0.5, 0.6) is 0 Å². The van der Waals surface area contributed by atoms with Crippen molar-refractivity contribution in [2.75, 3.05) is 13.1 Å². The highest BCUT2D eigenvalue weighted by molar-refractivity contribution is 6.42. The van der Waals surface area contributed by atoms with Crippen molar-refractivity contribution in [2.45, 2.75) is 38.8 Å². The predicted octanol–water partition coefficient (Wildman–Crippen LogP) is 3.94. The summed E-state index contributed by atoms with van der Waals surface area (Å²) in [5, 5.41) is 1.25. The molecule has 19 heavy (non-hydrogen) atoms. The fourth-order valence-corrected chi connectivity index (χ4v) is 3.31. The summed E-state index contributed by atoms with van der Waals surface area (Å²) in [6.45, 7) is 5.26. The van der Waals surface area contributed by atoms with Crippen molar-refractivity contribution in [1.29, 1.82) is 0 Å². The lowest BCUT2D eigenvalue weighted by atomic mass is 9.91. The molecular weight excluding hydrogens is 279 g/mol. The van der Waals surface area contributed by atoms with Crippen LogP contribution in [0.4, 0.5) is 0 Å². The summed E-state index contributed by atoms with van der Waals surface area (Å²) in [5.41, 5.74) is 7.37. The highest BCUT2D eigenvalue weighted by Crippen LogP contribution is 2.25. The zero-order chi connectivity index (χ0) is 13.8. The van der Waals surface area contributed by atoms with E-state index in [1.807, 2.05) is 18.2 Å². The average molecular weight is 301 g/mol. The third kappa shape index (κ3) is 4.35. The molecule has 1 heterocycles. The molecule has 2 unspecified atom stereocenters. The van der Waals surface area contributed by atoms with Crippen molar-refractivity contribution in [3.8, 4) is 0 Å². The molecule has 106 valence electrons. The molecule has 2 N–H and O–H groups in total. The third-order valence-electron chi connectivity index (χ3n) is 3.73. The first kappa shape index (κ1) is 15.1. The van der Waals surface area contributed by atoms with Crippen molar-refractivity contribution in [3.63, 3.8) is 0 Å². The van der Waals surface area contributed by atoms with E-state index >= 15 is 0 Å². The maximum atomic E-state index is 6.16. The second kappa shape index (κ2) is 6.94. The van der Waals surface area contributed by atoms with Gasteiger partial charge < -0.3 is 5.73 Å². The number of hydrogen-bond donors (Lipinski definition) is 1. The van der Waals surface area contributed by atoms with E-state index in [2.05, 4.69) is 11.8 Å². The summed E-state index contributed by atoms with van der Waals surface area (Å²) >= 11 is 12.0. The van der Waals surface area contributed by atoms with Crippen molar-refractivity contribution >= 4 is 23.2 Å². The van der Waals surface area contributed by atoms with Crippen LogP contribution >= 0.6 is 23.2 Å². The van der Waals surface area contributed by atoms with Crippen LogP contribution in [0.3, 0.4) is 0 Å². The van der Waals surface area contributed by atoms with Crippen molar-refractivity contribution < 1.29 is 0 Å². The van der Waals surface area contributed by atoms with E-state index in [0.717, 1.165) is 32.0 Å². The fraction of sp³-hybridized carbons (Fsp3) is 0.600. The molecule has 0 aliphatic carbocycles. The summed E-state index contributed by atoms with van der Waals surface area (Å²) in [7, 11) is 0. The van der Waals surface area contributed by atoms with Crippen LogP contribution in [0.15, 0.2) is 18.2 Å². The Morgan fingerprint density at radius 2 is 2.05 bits per heavy atom. The van der Waals surface area contributed by atoms with Crippen molar-refractivity contribution in [1.82, 2.24) is 4.90 Å². The standard InChI is InChI=1S/C15H22Cl2N2/c1-2-3-11-6-13(18)10-19(8-11)9-12-4-5-14(16)15(17)7-12/h4-5,7,11,13H,2-3,6,8-10,18H2,1H3. The highest BCUT2D eigenvalue weighted by atomic mass is 35.5. The van der Waals surface area contributed by atoms with Gasteiger partial charge in [0.1, 0.15) is 0 Å². The fourth-order valence-electron chi connectivity index (χ4n) is 2.99. The topological polar surface area (TPSA) is 29.3 Å². The molecule has 1 saturated heterocycles. The van der Waals surface area contributed by atoms with E-state index in [1.54, 1.807) is 0 Å². The van der Waals surface area contributed by atoms with Crippen molar-refractivity contribution in [2.24, 2.45) is 11.7 Å². The molecule has 4 heteroatoms. The number of piperidine rings is 1. The van der Waals surface area contributed by atoms with E-state index in [1.165, 1.54) is 18.4 Å². The molecule has 1 aliphatic rings. The number of benzene rings is 1. The molecule has 1 aromatic rings. The first-order chi connectivity index (χ1) is 9.08. The van der Waals surface area contributed by atoms with Gasteiger partial charge in [-0.15, -0.1) is 0 Å². The first-order valence-electron chi connectivity index (χ1n) is 7.00. The Bertz CT molecular complexity index is 423. The second-order valence-corrected chi connectivity index (χ2v) is 6.41. The van der Waals surface area contributed by atoms with E-state index in [9.17, 15) is 0 Å². The van der Waals surface area contributed by atoms with Gasteiger partial charge in [0.25, 0.3) is 0 Å². The molecule has 0 amide bonds. The average Bonchev–Trinajstić information content (AvgIpc) is 2.33. The van der Waals surface area contributed by atoms with Gasteiger partial charge in [-0.25, -0.2) is 0 Å². The van der Waals surface area contributed by atoms with E-state index in [4.69, 9.17) is 28.9 Å². The van der Waals surface area contributed by atoms with Gasteiger partial charge in [-0.3, -0.25) is 4.90 Å². The molecule has 0 radical (unpaired) electrons. The molecule has 1 aromatic carbocycles. The van der Waals surface area contributed by atoms with Gasteiger partial charge in [-0.1, -0.05) is 42.6 Å². The van der Waals surface area contributed by atoms with Gasteiger partial charge in [0.2, 0.25) is 0 Å². The molecule has 2 rings (SSSR count). The quantitative estimate of drug-likeness (QED) is 0.912. The number of halogens is 2. The molecule has 0 aromatic heterocycles. The zero-order valence-corrected chi connectivity index (χ0v) is 12.9. The molecular formula is C15H22Cl2N2. The summed E-state index contributed by atoms with van der Waals surface area (Å²) in [6, 6.07) is 6.17. The Labute approximate surface area is 125 Å². The minimum atomic E-state index is 0.299. The summed E-state index contributed by atoms with van der Waals surface area (Å²) in [4.78, 5) is 2.44. The molecule has 0 saturated carbocycles. The lowest BCUT2D eigenvalue weighted by Gasteiger charge is -2.36. The smallest absolute Gasteiger partial charge is 0.0595 e. The van der Waals surface area contributed by atoms with Gasteiger partial charge in [0, 0.05) is 25.7 Å². The van der Waals surface area contributed by atoms with Crippen LogP contribution in [0.1, 0.15) is 31.7 Å². The molecule has 1 fully saturated rings. The summed E-state index contributed by atoms with van der Waals surface area (Å²) < 4.78 is 0. The molecule has 0 bridgehead atoms. The second-order valence-electron chi connectivity index (χ2n) is 5.59. The summed E-state index contributed by atoms with van der Waals surface area (Å²) in [6.07, 6.45) is 3.66. The number of likely N-dealkylation sites (tertiary alicyclic amines) is 1. The SMILES string of the molecule is CCCC1CC(N)CN(Cc2ccc(Cl)c(Cl)c2)C1. The van der Waals surface area contributed by atoms with Crippen molar-refractivity contribution in [3.05, 3.63) is 33.8 Å². The van der Waals surface area contributed by atoms with Crippen LogP contribution in [-0.4, -0.2) is 24.0 Å². The number of nitrogens with two attached hydrogens (primary N) is 1. The molecule has 2 atom stereocenters. The minimum Gasteiger partial charge on any atom is -0.327 e. The lowest BCUT2D eigenvalue weighted by Crippen LogP contribution is -2.46. The van der Waals surface area contributed by atoms with Crippen LogP contribution in [0.2, 0.25) is 10.0 Å². The maximum Gasteiger partial charge on any atom is 0.0595 e. The van der Waals surface area contributed by atoms with Crippen LogP contribution < -0.4 is 5.73 Å². The summed E-state index contributed by atoms with van der Waals surface area (Å²) in [5.74, 6) is 0.733. The minimum absolute atomic E-state index is 0.299. The van der Waals surface area contributed by atoms with E-state index < -0.39 is 0 Å². The maximum absolute atomic E-state index is 6.16. The van der Waals surface area contributed by atoms with Gasteiger partial charge in [0.15, 0.2) is 0 Å². The predicted molar refractivity (Wildman–Crippen MR) is 82.7 cm³/mol. The number of rotatable bonds is 4. The van der Waals surface area contributed by atoms with Crippen LogP contribution in [-0.2, 0) is 6.54 Å². The highest BCUT2D eigenvalue weighted by Gasteiger charge is 2.24. The Hall–Kier alpha value is -0.280. The normalized spacial score (nSPS) is 24.6. The van der Waals surface area contributed by atoms with E-state index in [0.29, 0.717) is 16.1 Å². The van der Waals surface area contributed by atoms with Gasteiger partial charge in [-0.05, 0) is 36.5 Å². The number of nitrogens with zero attached hydrogens (tertiary/aromatic N) is 1. The van der Waals surface area contributed by atoms with Gasteiger partial charge in [-0.2, -0.15) is 0 Å². The Morgan fingerprint density at radius 1 is 1.26 bits per heavy atom.